The Bertz CT molecular complexity index is 327. The lowest BCUT2D eigenvalue weighted by atomic mass is 10.2. The number of halogens is 1. The molecule has 0 bridgehead atoms. The van der Waals surface area contributed by atoms with Crippen molar-refractivity contribution >= 4 is 44.7 Å². The van der Waals surface area contributed by atoms with Crippen LogP contribution in [0.15, 0.2) is 0 Å². The number of rotatable bonds is 6. The summed E-state index contributed by atoms with van der Waals surface area (Å²) in [7, 11) is 0. The van der Waals surface area contributed by atoms with Gasteiger partial charge in [0, 0.05) is 12.7 Å². The van der Waals surface area contributed by atoms with Crippen LogP contribution in [0, 0.1) is 0 Å². The highest BCUT2D eigenvalue weighted by molar-refractivity contribution is 9.10. The molecule has 0 saturated carbocycles. The van der Waals surface area contributed by atoms with Gasteiger partial charge in [0.25, 0.3) is 0 Å². The molecule has 104 valence electrons. The van der Waals surface area contributed by atoms with Crippen LogP contribution in [0.2, 0.25) is 0 Å². The van der Waals surface area contributed by atoms with E-state index >= 15 is 0 Å². The third-order valence-electron chi connectivity index (χ3n) is 1.82. The van der Waals surface area contributed by atoms with Crippen LogP contribution < -0.4 is 5.32 Å². The number of hydrogen-bond acceptors (Lipinski definition) is 5. The minimum atomic E-state index is -0.800. The Hall–Kier alpha value is -0.560. The van der Waals surface area contributed by atoms with Gasteiger partial charge in [-0.25, -0.2) is 4.79 Å². The van der Waals surface area contributed by atoms with Crippen LogP contribution in [0.25, 0.3) is 0 Å². The van der Waals surface area contributed by atoms with E-state index in [9.17, 15) is 14.4 Å². The van der Waals surface area contributed by atoms with Crippen LogP contribution in [0.1, 0.15) is 27.7 Å². The SMILES string of the molecule is CCOC(=O)C(CSC(=O)C(C)(C)Br)NC(C)=O. The number of hydrogen-bond donors (Lipinski definition) is 1. The monoisotopic (exact) mass is 339 g/mol. The van der Waals surface area contributed by atoms with Crippen LogP contribution in [0.3, 0.4) is 0 Å². The Morgan fingerprint density at radius 2 is 1.94 bits per heavy atom. The molecular formula is C11H18BrNO4S. The van der Waals surface area contributed by atoms with Crippen molar-refractivity contribution in [3.63, 3.8) is 0 Å². The molecule has 0 aromatic carbocycles. The maximum atomic E-state index is 11.7. The number of carbonyl (C=O) groups excluding carboxylic acids is 3. The molecule has 1 unspecified atom stereocenters. The van der Waals surface area contributed by atoms with Crippen LogP contribution in [-0.2, 0) is 19.1 Å². The molecule has 0 aromatic rings. The van der Waals surface area contributed by atoms with E-state index in [1.165, 1.54) is 6.92 Å². The zero-order chi connectivity index (χ0) is 14.3. The highest BCUT2D eigenvalue weighted by atomic mass is 79.9. The molecule has 0 spiro atoms. The number of carbonyl (C=O) groups is 3. The summed E-state index contributed by atoms with van der Waals surface area (Å²) in [5.41, 5.74) is 0. The van der Waals surface area contributed by atoms with E-state index < -0.39 is 16.3 Å². The van der Waals surface area contributed by atoms with Gasteiger partial charge in [-0.2, -0.15) is 0 Å². The number of alkyl halides is 1. The summed E-state index contributed by atoms with van der Waals surface area (Å²) >= 11 is 4.23. The zero-order valence-corrected chi connectivity index (χ0v) is 13.3. The van der Waals surface area contributed by atoms with Crippen molar-refractivity contribution in [1.29, 1.82) is 0 Å². The Kier molecular flexibility index (Phi) is 7.54. The first-order valence-electron chi connectivity index (χ1n) is 5.48. The maximum absolute atomic E-state index is 11.7. The predicted octanol–water partition coefficient (Wildman–Crippen LogP) is 1.49. The summed E-state index contributed by atoms with van der Waals surface area (Å²) in [4.78, 5) is 34.2. The smallest absolute Gasteiger partial charge is 0.329 e. The average molecular weight is 340 g/mol. The largest absolute Gasteiger partial charge is 0.464 e. The van der Waals surface area contributed by atoms with Gasteiger partial charge in [0.05, 0.1) is 10.9 Å². The van der Waals surface area contributed by atoms with Gasteiger partial charge in [-0.1, -0.05) is 27.7 Å². The highest BCUT2D eigenvalue weighted by Gasteiger charge is 2.28. The van der Waals surface area contributed by atoms with Gasteiger partial charge in [0.1, 0.15) is 6.04 Å². The number of amides is 1. The molecule has 0 heterocycles. The lowest BCUT2D eigenvalue weighted by Crippen LogP contribution is -2.43. The second-order valence-corrected chi connectivity index (χ2v) is 7.05. The Labute approximate surface area is 120 Å². The van der Waals surface area contributed by atoms with E-state index in [2.05, 4.69) is 21.2 Å². The Morgan fingerprint density at radius 3 is 2.33 bits per heavy atom. The van der Waals surface area contributed by atoms with Crippen molar-refractivity contribution in [1.82, 2.24) is 5.32 Å². The summed E-state index contributed by atoms with van der Waals surface area (Å²) < 4.78 is 4.17. The zero-order valence-electron chi connectivity index (χ0n) is 10.9. The molecule has 0 radical (unpaired) electrons. The molecular weight excluding hydrogens is 322 g/mol. The van der Waals surface area contributed by atoms with E-state index in [4.69, 9.17) is 4.74 Å². The van der Waals surface area contributed by atoms with Crippen molar-refractivity contribution in [2.45, 2.75) is 38.1 Å². The molecule has 1 N–H and O–H groups in total. The van der Waals surface area contributed by atoms with E-state index in [1.807, 2.05) is 0 Å². The summed E-state index contributed by atoms with van der Waals surface area (Å²) in [5, 5.41) is 2.36. The van der Waals surface area contributed by atoms with Gasteiger partial charge in [0.15, 0.2) is 0 Å². The quantitative estimate of drug-likeness (QED) is 0.586. The van der Waals surface area contributed by atoms with Crippen molar-refractivity contribution < 1.29 is 19.1 Å². The standard InChI is InChI=1S/C11H18BrNO4S/c1-5-17-9(15)8(13-7(2)14)6-18-10(16)11(3,4)12/h8H,5-6H2,1-4H3,(H,13,14). The number of nitrogens with one attached hydrogen (secondary N) is 1. The molecule has 18 heavy (non-hydrogen) atoms. The molecule has 0 aromatic heterocycles. The first kappa shape index (κ1) is 17.4. The highest BCUT2D eigenvalue weighted by Crippen LogP contribution is 2.24. The Morgan fingerprint density at radius 1 is 1.39 bits per heavy atom. The first-order chi connectivity index (χ1) is 8.18. The third-order valence-corrected chi connectivity index (χ3v) is 3.71. The van der Waals surface area contributed by atoms with Crippen LogP contribution in [-0.4, -0.2) is 39.7 Å². The predicted molar refractivity (Wildman–Crippen MR) is 74.7 cm³/mol. The fraction of sp³-hybridized carbons (Fsp3) is 0.727. The topological polar surface area (TPSA) is 72.5 Å². The number of esters is 1. The second-order valence-electron chi connectivity index (χ2n) is 4.08. The molecule has 5 nitrogen and oxygen atoms in total. The molecule has 0 saturated heterocycles. The van der Waals surface area contributed by atoms with Crippen LogP contribution in [0.4, 0.5) is 0 Å². The number of ether oxygens (including phenoxy) is 1. The lowest BCUT2D eigenvalue weighted by Gasteiger charge is -2.18. The van der Waals surface area contributed by atoms with Crippen molar-refractivity contribution in [2.24, 2.45) is 0 Å². The fourth-order valence-electron chi connectivity index (χ4n) is 0.987. The van der Waals surface area contributed by atoms with Crippen LogP contribution in [0.5, 0.6) is 0 Å². The summed E-state index contributed by atoms with van der Waals surface area (Å²) in [6.45, 7) is 6.67. The minimum absolute atomic E-state index is 0.109. The number of thioether (sulfide) groups is 1. The van der Waals surface area contributed by atoms with E-state index in [-0.39, 0.29) is 23.4 Å². The third kappa shape index (κ3) is 7.00. The van der Waals surface area contributed by atoms with E-state index in [1.54, 1.807) is 20.8 Å². The normalized spacial score (nSPS) is 12.7. The fourth-order valence-corrected chi connectivity index (χ4v) is 2.21. The average Bonchev–Trinajstić information content (AvgIpc) is 2.22. The molecule has 7 heteroatoms. The van der Waals surface area contributed by atoms with E-state index in [0.717, 1.165) is 11.8 Å². The van der Waals surface area contributed by atoms with Gasteiger partial charge in [-0.15, -0.1) is 0 Å². The van der Waals surface area contributed by atoms with Crippen molar-refractivity contribution in [2.75, 3.05) is 12.4 Å². The molecule has 1 atom stereocenters. The van der Waals surface area contributed by atoms with Gasteiger partial charge < -0.3 is 10.1 Å². The second kappa shape index (κ2) is 7.78. The molecule has 0 rings (SSSR count). The molecule has 1 amide bonds. The lowest BCUT2D eigenvalue weighted by molar-refractivity contribution is -0.146. The maximum Gasteiger partial charge on any atom is 0.329 e. The van der Waals surface area contributed by atoms with Gasteiger partial charge >= 0.3 is 5.97 Å². The summed E-state index contributed by atoms with van der Waals surface area (Å²) in [6.07, 6.45) is 0. The summed E-state index contributed by atoms with van der Waals surface area (Å²) in [5.74, 6) is -0.702. The minimum Gasteiger partial charge on any atom is -0.464 e. The van der Waals surface area contributed by atoms with Gasteiger partial charge in [0.2, 0.25) is 11.0 Å². The first-order valence-corrected chi connectivity index (χ1v) is 7.26. The molecule has 0 aliphatic heterocycles. The van der Waals surface area contributed by atoms with Gasteiger partial charge in [-0.05, 0) is 20.8 Å². The molecule has 0 fully saturated rings. The van der Waals surface area contributed by atoms with Crippen LogP contribution >= 0.6 is 27.7 Å². The van der Waals surface area contributed by atoms with Crippen molar-refractivity contribution in [3.8, 4) is 0 Å². The summed E-state index contributed by atoms with van der Waals surface area (Å²) in [6, 6.07) is -0.800. The molecule has 0 aliphatic rings. The van der Waals surface area contributed by atoms with E-state index in [0.29, 0.717) is 0 Å². The van der Waals surface area contributed by atoms with Crippen molar-refractivity contribution in [3.05, 3.63) is 0 Å². The molecule has 0 aliphatic carbocycles. The Balaban J connectivity index is 4.47. The van der Waals surface area contributed by atoms with Gasteiger partial charge in [-0.3, -0.25) is 9.59 Å².